The normalized spacial score (nSPS) is 12.2. The third kappa shape index (κ3) is 4.04. The summed E-state index contributed by atoms with van der Waals surface area (Å²) in [6.45, 7) is 2.10. The van der Waals surface area contributed by atoms with Crippen molar-refractivity contribution in [2.24, 2.45) is 0 Å². The predicted octanol–water partition coefficient (Wildman–Crippen LogP) is 3.14. The molecule has 1 rings (SSSR count). The van der Waals surface area contributed by atoms with Crippen molar-refractivity contribution < 1.29 is 9.53 Å². The summed E-state index contributed by atoms with van der Waals surface area (Å²) in [7, 11) is 1.33. The lowest BCUT2D eigenvalue weighted by molar-refractivity contribution is 0.0606. The van der Waals surface area contributed by atoms with Crippen LogP contribution >= 0.6 is 34.7 Å². The van der Waals surface area contributed by atoms with Crippen LogP contribution in [0.5, 0.6) is 0 Å². The SMILES string of the molecule is CCC(CSC)Nc1nc(Cl)c(C(=O)OC)s1. The molecule has 1 atom stereocenters. The fraction of sp³-hybridized carbons (Fsp3) is 0.600. The highest BCUT2D eigenvalue weighted by atomic mass is 35.5. The number of esters is 1. The number of carbonyl (C=O) groups excluding carboxylic acids is 1. The molecule has 0 bridgehead atoms. The van der Waals surface area contributed by atoms with Gasteiger partial charge in [-0.2, -0.15) is 11.8 Å². The lowest BCUT2D eigenvalue weighted by Crippen LogP contribution is -2.20. The molecule has 0 fully saturated rings. The van der Waals surface area contributed by atoms with Crippen LogP contribution in [-0.2, 0) is 4.74 Å². The predicted molar refractivity (Wildman–Crippen MR) is 74.5 cm³/mol. The average molecular weight is 295 g/mol. The summed E-state index contributed by atoms with van der Waals surface area (Å²) in [5.74, 6) is 0.541. The molecule has 17 heavy (non-hydrogen) atoms. The van der Waals surface area contributed by atoms with Crippen LogP contribution in [0.4, 0.5) is 5.13 Å². The van der Waals surface area contributed by atoms with Crippen molar-refractivity contribution in [1.82, 2.24) is 4.98 Å². The molecule has 0 radical (unpaired) electrons. The van der Waals surface area contributed by atoms with E-state index < -0.39 is 5.97 Å². The zero-order valence-electron chi connectivity index (χ0n) is 9.95. The highest BCUT2D eigenvalue weighted by Crippen LogP contribution is 2.28. The number of hydrogen-bond donors (Lipinski definition) is 1. The van der Waals surface area contributed by atoms with Gasteiger partial charge in [-0.05, 0) is 12.7 Å². The number of thiazole rings is 1. The monoisotopic (exact) mass is 294 g/mol. The Kier molecular flexibility index (Phi) is 6.08. The van der Waals surface area contributed by atoms with Crippen LogP contribution in [-0.4, -0.2) is 36.1 Å². The van der Waals surface area contributed by atoms with Gasteiger partial charge in [-0.3, -0.25) is 0 Å². The van der Waals surface area contributed by atoms with E-state index in [-0.39, 0.29) is 5.15 Å². The molecule has 0 saturated heterocycles. The molecule has 1 heterocycles. The number of rotatable bonds is 6. The Morgan fingerprint density at radius 1 is 1.71 bits per heavy atom. The number of nitrogens with zero attached hydrogens (tertiary/aromatic N) is 1. The van der Waals surface area contributed by atoms with Crippen molar-refractivity contribution in [3.05, 3.63) is 10.0 Å². The van der Waals surface area contributed by atoms with Crippen LogP contribution in [0.25, 0.3) is 0 Å². The number of nitrogens with one attached hydrogen (secondary N) is 1. The largest absolute Gasteiger partial charge is 0.465 e. The van der Waals surface area contributed by atoms with Gasteiger partial charge in [0.25, 0.3) is 0 Å². The summed E-state index contributed by atoms with van der Waals surface area (Å²) in [6.07, 6.45) is 3.05. The molecule has 96 valence electrons. The Morgan fingerprint density at radius 2 is 2.41 bits per heavy atom. The fourth-order valence-corrected chi connectivity index (χ4v) is 3.12. The van der Waals surface area contributed by atoms with Gasteiger partial charge in [-0.15, -0.1) is 0 Å². The van der Waals surface area contributed by atoms with Crippen molar-refractivity contribution in [2.45, 2.75) is 19.4 Å². The van der Waals surface area contributed by atoms with Crippen molar-refractivity contribution in [2.75, 3.05) is 24.4 Å². The molecule has 0 spiro atoms. The maximum Gasteiger partial charge on any atom is 0.351 e. The summed E-state index contributed by atoms with van der Waals surface area (Å²) in [5, 5.41) is 4.12. The first-order valence-electron chi connectivity index (χ1n) is 5.12. The van der Waals surface area contributed by atoms with Gasteiger partial charge in [0.2, 0.25) is 0 Å². The number of ether oxygens (including phenoxy) is 1. The third-order valence-electron chi connectivity index (χ3n) is 2.14. The van der Waals surface area contributed by atoms with E-state index in [1.165, 1.54) is 18.4 Å². The van der Waals surface area contributed by atoms with Gasteiger partial charge in [-0.25, -0.2) is 9.78 Å². The summed E-state index contributed by atoms with van der Waals surface area (Å²) in [6, 6.07) is 0.331. The molecule has 0 aromatic carbocycles. The summed E-state index contributed by atoms with van der Waals surface area (Å²) >= 11 is 8.86. The highest BCUT2D eigenvalue weighted by Gasteiger charge is 2.18. The van der Waals surface area contributed by atoms with Gasteiger partial charge >= 0.3 is 5.97 Å². The molecule has 0 aliphatic heterocycles. The summed E-state index contributed by atoms with van der Waals surface area (Å²) in [5.41, 5.74) is 0. The zero-order chi connectivity index (χ0) is 12.8. The Balaban J connectivity index is 2.75. The number of hydrogen-bond acceptors (Lipinski definition) is 6. The smallest absolute Gasteiger partial charge is 0.351 e. The van der Waals surface area contributed by atoms with Gasteiger partial charge in [0, 0.05) is 11.8 Å². The molecule has 1 aromatic heterocycles. The maximum atomic E-state index is 11.4. The molecule has 1 unspecified atom stereocenters. The first-order valence-corrected chi connectivity index (χ1v) is 7.71. The van der Waals surface area contributed by atoms with Crippen LogP contribution < -0.4 is 5.32 Å². The number of thioether (sulfide) groups is 1. The minimum atomic E-state index is -0.446. The van der Waals surface area contributed by atoms with Gasteiger partial charge < -0.3 is 10.1 Å². The molecule has 0 aliphatic carbocycles. The van der Waals surface area contributed by atoms with Crippen LogP contribution in [0.1, 0.15) is 23.0 Å². The second-order valence-corrected chi connectivity index (χ2v) is 5.60. The van der Waals surface area contributed by atoms with E-state index in [2.05, 4.69) is 28.2 Å². The number of halogens is 1. The Morgan fingerprint density at radius 3 is 2.94 bits per heavy atom. The van der Waals surface area contributed by atoms with E-state index >= 15 is 0 Å². The number of aromatic nitrogens is 1. The topological polar surface area (TPSA) is 51.2 Å². The lowest BCUT2D eigenvalue weighted by Gasteiger charge is -2.14. The maximum absolute atomic E-state index is 11.4. The second kappa shape index (κ2) is 7.08. The van der Waals surface area contributed by atoms with E-state index in [9.17, 15) is 4.79 Å². The van der Waals surface area contributed by atoms with Crippen LogP contribution in [0.2, 0.25) is 5.15 Å². The number of methoxy groups -OCH3 is 1. The lowest BCUT2D eigenvalue weighted by atomic mass is 10.3. The van der Waals surface area contributed by atoms with Crippen molar-refractivity contribution >= 4 is 45.8 Å². The van der Waals surface area contributed by atoms with E-state index in [1.54, 1.807) is 11.8 Å². The van der Waals surface area contributed by atoms with Gasteiger partial charge in [-0.1, -0.05) is 29.9 Å². The zero-order valence-corrected chi connectivity index (χ0v) is 12.3. The molecule has 0 saturated carbocycles. The molecule has 1 N–H and O–H groups in total. The minimum absolute atomic E-state index is 0.198. The minimum Gasteiger partial charge on any atom is -0.465 e. The van der Waals surface area contributed by atoms with Gasteiger partial charge in [0.1, 0.15) is 0 Å². The van der Waals surface area contributed by atoms with Gasteiger partial charge in [0.05, 0.1) is 7.11 Å². The highest BCUT2D eigenvalue weighted by molar-refractivity contribution is 7.98. The second-order valence-electron chi connectivity index (χ2n) is 3.34. The first kappa shape index (κ1) is 14.6. The van der Waals surface area contributed by atoms with E-state index in [4.69, 9.17) is 11.6 Å². The molecular weight excluding hydrogens is 280 g/mol. The Labute approximate surface area is 114 Å². The van der Waals surface area contributed by atoms with Crippen molar-refractivity contribution in [1.29, 1.82) is 0 Å². The molecule has 1 aromatic rings. The summed E-state index contributed by atoms with van der Waals surface area (Å²) < 4.78 is 4.62. The van der Waals surface area contributed by atoms with Crippen molar-refractivity contribution in [3.63, 3.8) is 0 Å². The first-order chi connectivity index (χ1) is 8.12. The average Bonchev–Trinajstić information content (AvgIpc) is 2.68. The Bertz CT molecular complexity index is 384. The Hall–Kier alpha value is -0.460. The van der Waals surface area contributed by atoms with Crippen molar-refractivity contribution in [3.8, 4) is 0 Å². The van der Waals surface area contributed by atoms with E-state index in [1.807, 2.05) is 0 Å². The van der Waals surface area contributed by atoms with Gasteiger partial charge in [0.15, 0.2) is 15.2 Å². The van der Waals surface area contributed by atoms with E-state index in [0.29, 0.717) is 16.1 Å². The standard InChI is InChI=1S/C10H15ClN2O2S2/c1-4-6(5-16-3)12-10-13-8(11)7(17-10)9(14)15-2/h6H,4-5H2,1-3H3,(H,12,13). The fourth-order valence-electron chi connectivity index (χ4n) is 1.22. The number of anilines is 1. The molecule has 7 heteroatoms. The van der Waals surface area contributed by atoms with Crippen LogP contribution in [0.3, 0.4) is 0 Å². The molecule has 4 nitrogen and oxygen atoms in total. The quantitative estimate of drug-likeness (QED) is 0.817. The summed E-state index contributed by atoms with van der Waals surface area (Å²) in [4.78, 5) is 15.8. The van der Waals surface area contributed by atoms with Crippen LogP contribution in [0, 0.1) is 0 Å². The molecule has 0 amide bonds. The molecular formula is C10H15ClN2O2S2. The van der Waals surface area contributed by atoms with E-state index in [0.717, 1.165) is 12.2 Å². The van der Waals surface area contributed by atoms with Crippen LogP contribution in [0.15, 0.2) is 0 Å². The number of carbonyl (C=O) groups is 1. The molecule has 0 aliphatic rings. The third-order valence-corrected chi connectivity index (χ3v) is 4.23.